The van der Waals surface area contributed by atoms with E-state index in [1.807, 2.05) is 12.1 Å². The maximum atomic E-state index is 6.22. The molecule has 0 fully saturated rings. The minimum atomic E-state index is -0.0725. The number of aromatic nitrogens is 1. The Labute approximate surface area is 118 Å². The van der Waals surface area contributed by atoms with E-state index in [1.165, 1.54) is 36.0 Å². The Morgan fingerprint density at radius 3 is 2.79 bits per heavy atom. The molecule has 1 aliphatic carbocycles. The molecule has 98 valence electrons. The van der Waals surface area contributed by atoms with Crippen LogP contribution in [0.5, 0.6) is 0 Å². The summed E-state index contributed by atoms with van der Waals surface area (Å²) in [5, 5.41) is 0.647. The smallest absolute Gasteiger partial charge is 0.0589 e. The van der Waals surface area contributed by atoms with Crippen LogP contribution < -0.4 is 5.73 Å². The molecular weight excluding hydrogens is 256 g/mol. The van der Waals surface area contributed by atoms with E-state index in [0.29, 0.717) is 5.02 Å². The Balaban J connectivity index is 1.75. The van der Waals surface area contributed by atoms with Crippen molar-refractivity contribution >= 4 is 11.6 Å². The summed E-state index contributed by atoms with van der Waals surface area (Å²) in [6.45, 7) is 0. The van der Waals surface area contributed by atoms with Gasteiger partial charge in [0, 0.05) is 6.20 Å². The molecule has 2 aromatic rings. The fourth-order valence-corrected chi connectivity index (χ4v) is 2.83. The standard InChI is InChI=1S/C16H17ClN2/c17-14-6-7-16(19-10-14)15(18)9-11-4-5-12-2-1-3-13(12)8-11/h4-8,10,15H,1-3,9,18H2. The summed E-state index contributed by atoms with van der Waals surface area (Å²) in [4.78, 5) is 4.29. The zero-order valence-electron chi connectivity index (χ0n) is 10.8. The van der Waals surface area contributed by atoms with Crippen LogP contribution in [0.25, 0.3) is 0 Å². The van der Waals surface area contributed by atoms with Gasteiger partial charge in [-0.3, -0.25) is 4.98 Å². The highest BCUT2D eigenvalue weighted by Gasteiger charge is 2.13. The number of pyridine rings is 1. The van der Waals surface area contributed by atoms with Crippen molar-refractivity contribution in [3.05, 3.63) is 63.9 Å². The van der Waals surface area contributed by atoms with Gasteiger partial charge in [0.15, 0.2) is 0 Å². The molecular formula is C16H17ClN2. The van der Waals surface area contributed by atoms with Gasteiger partial charge in [-0.25, -0.2) is 0 Å². The first kappa shape index (κ1) is 12.6. The molecule has 0 aliphatic heterocycles. The molecule has 1 atom stereocenters. The number of benzene rings is 1. The van der Waals surface area contributed by atoms with E-state index in [0.717, 1.165) is 12.1 Å². The Kier molecular flexibility index (Phi) is 3.54. The van der Waals surface area contributed by atoms with Crippen molar-refractivity contribution in [2.45, 2.75) is 31.7 Å². The summed E-state index contributed by atoms with van der Waals surface area (Å²) in [6.07, 6.45) is 6.18. The highest BCUT2D eigenvalue weighted by molar-refractivity contribution is 6.30. The van der Waals surface area contributed by atoms with E-state index in [4.69, 9.17) is 17.3 Å². The first-order valence-corrected chi connectivity index (χ1v) is 7.08. The normalized spacial score (nSPS) is 15.3. The van der Waals surface area contributed by atoms with E-state index in [1.54, 1.807) is 6.20 Å². The molecule has 3 heteroatoms. The highest BCUT2D eigenvalue weighted by atomic mass is 35.5. The zero-order valence-corrected chi connectivity index (χ0v) is 11.5. The fourth-order valence-electron chi connectivity index (χ4n) is 2.72. The second kappa shape index (κ2) is 5.32. The number of hydrogen-bond acceptors (Lipinski definition) is 2. The van der Waals surface area contributed by atoms with Crippen molar-refractivity contribution < 1.29 is 0 Å². The SMILES string of the molecule is NC(Cc1ccc2c(c1)CCC2)c1ccc(Cl)cn1. The third-order valence-electron chi connectivity index (χ3n) is 3.75. The highest BCUT2D eigenvalue weighted by Crippen LogP contribution is 2.24. The van der Waals surface area contributed by atoms with Crippen LogP contribution in [0.15, 0.2) is 36.5 Å². The van der Waals surface area contributed by atoms with Crippen molar-refractivity contribution in [2.24, 2.45) is 5.73 Å². The molecule has 0 amide bonds. The average Bonchev–Trinajstić information content (AvgIpc) is 2.87. The molecule has 1 aromatic heterocycles. The van der Waals surface area contributed by atoms with Gasteiger partial charge < -0.3 is 5.73 Å². The Hall–Kier alpha value is -1.38. The van der Waals surface area contributed by atoms with Crippen LogP contribution in [0.1, 0.15) is 34.8 Å². The van der Waals surface area contributed by atoms with E-state index in [9.17, 15) is 0 Å². The summed E-state index contributed by atoms with van der Waals surface area (Å²) >= 11 is 5.84. The van der Waals surface area contributed by atoms with Crippen LogP contribution in [0.4, 0.5) is 0 Å². The molecule has 3 rings (SSSR count). The average molecular weight is 273 g/mol. The third kappa shape index (κ3) is 2.80. The molecule has 1 unspecified atom stereocenters. The molecule has 1 heterocycles. The number of rotatable bonds is 3. The van der Waals surface area contributed by atoms with Gasteiger partial charge in [-0.2, -0.15) is 0 Å². The van der Waals surface area contributed by atoms with Crippen LogP contribution in [-0.4, -0.2) is 4.98 Å². The summed E-state index contributed by atoms with van der Waals surface area (Å²) in [5.74, 6) is 0. The molecule has 1 aromatic carbocycles. The van der Waals surface area contributed by atoms with E-state index >= 15 is 0 Å². The Morgan fingerprint density at radius 1 is 1.16 bits per heavy atom. The fraction of sp³-hybridized carbons (Fsp3) is 0.312. The van der Waals surface area contributed by atoms with Gasteiger partial charge in [-0.15, -0.1) is 0 Å². The number of nitrogens with zero attached hydrogens (tertiary/aromatic N) is 1. The summed E-state index contributed by atoms with van der Waals surface area (Å²) < 4.78 is 0. The molecule has 0 spiro atoms. The maximum Gasteiger partial charge on any atom is 0.0589 e. The lowest BCUT2D eigenvalue weighted by Gasteiger charge is -2.12. The van der Waals surface area contributed by atoms with Crippen LogP contribution in [0.3, 0.4) is 0 Å². The number of halogens is 1. The van der Waals surface area contributed by atoms with Crippen molar-refractivity contribution in [1.82, 2.24) is 4.98 Å². The Morgan fingerprint density at radius 2 is 2.00 bits per heavy atom. The second-order valence-electron chi connectivity index (χ2n) is 5.17. The summed E-state index contributed by atoms with van der Waals surface area (Å²) in [5.41, 5.74) is 11.4. The zero-order chi connectivity index (χ0) is 13.2. The van der Waals surface area contributed by atoms with E-state index < -0.39 is 0 Å². The molecule has 0 radical (unpaired) electrons. The lowest BCUT2D eigenvalue weighted by molar-refractivity contribution is 0.696. The quantitative estimate of drug-likeness (QED) is 0.929. The lowest BCUT2D eigenvalue weighted by Crippen LogP contribution is -2.14. The second-order valence-corrected chi connectivity index (χ2v) is 5.60. The third-order valence-corrected chi connectivity index (χ3v) is 3.97. The molecule has 2 N–H and O–H groups in total. The molecule has 1 aliphatic rings. The molecule has 0 saturated carbocycles. The molecule has 2 nitrogen and oxygen atoms in total. The number of nitrogens with two attached hydrogens (primary N) is 1. The largest absolute Gasteiger partial charge is 0.322 e. The van der Waals surface area contributed by atoms with Crippen molar-refractivity contribution in [3.8, 4) is 0 Å². The van der Waals surface area contributed by atoms with Crippen LogP contribution in [-0.2, 0) is 19.3 Å². The number of fused-ring (bicyclic) bond motifs is 1. The monoisotopic (exact) mass is 272 g/mol. The minimum absolute atomic E-state index is 0.0725. The van der Waals surface area contributed by atoms with Gasteiger partial charge in [-0.05, 0) is 54.5 Å². The van der Waals surface area contributed by atoms with Crippen LogP contribution in [0.2, 0.25) is 5.02 Å². The summed E-state index contributed by atoms with van der Waals surface area (Å²) in [6, 6.07) is 10.4. The van der Waals surface area contributed by atoms with Crippen molar-refractivity contribution in [1.29, 1.82) is 0 Å². The number of hydrogen-bond donors (Lipinski definition) is 1. The molecule has 0 saturated heterocycles. The van der Waals surface area contributed by atoms with Gasteiger partial charge in [0.2, 0.25) is 0 Å². The first-order chi connectivity index (χ1) is 9.22. The first-order valence-electron chi connectivity index (χ1n) is 6.70. The minimum Gasteiger partial charge on any atom is -0.322 e. The maximum absolute atomic E-state index is 6.22. The van der Waals surface area contributed by atoms with E-state index in [2.05, 4.69) is 23.2 Å². The Bertz CT molecular complexity index is 578. The number of aryl methyl sites for hydroxylation is 2. The van der Waals surface area contributed by atoms with Crippen LogP contribution in [0, 0.1) is 0 Å². The van der Waals surface area contributed by atoms with E-state index in [-0.39, 0.29) is 6.04 Å². The molecule has 0 bridgehead atoms. The predicted octanol–water partition coefficient (Wildman–Crippen LogP) is 3.47. The van der Waals surface area contributed by atoms with Gasteiger partial charge >= 0.3 is 0 Å². The summed E-state index contributed by atoms with van der Waals surface area (Å²) in [7, 11) is 0. The van der Waals surface area contributed by atoms with Crippen LogP contribution >= 0.6 is 11.6 Å². The van der Waals surface area contributed by atoms with Gasteiger partial charge in [0.25, 0.3) is 0 Å². The lowest BCUT2D eigenvalue weighted by atomic mass is 9.99. The molecule has 19 heavy (non-hydrogen) atoms. The van der Waals surface area contributed by atoms with Gasteiger partial charge in [-0.1, -0.05) is 29.8 Å². The predicted molar refractivity (Wildman–Crippen MR) is 78.3 cm³/mol. The van der Waals surface area contributed by atoms with Gasteiger partial charge in [0.1, 0.15) is 0 Å². The van der Waals surface area contributed by atoms with Gasteiger partial charge in [0.05, 0.1) is 16.8 Å². The van der Waals surface area contributed by atoms with Crippen molar-refractivity contribution in [3.63, 3.8) is 0 Å². The van der Waals surface area contributed by atoms with Crippen molar-refractivity contribution in [2.75, 3.05) is 0 Å². The topological polar surface area (TPSA) is 38.9 Å².